The number of hydrogen-bond donors (Lipinski definition) is 2. The van der Waals surface area contributed by atoms with Crippen molar-refractivity contribution in [2.75, 3.05) is 27.2 Å². The van der Waals surface area contributed by atoms with Crippen molar-refractivity contribution < 1.29 is 15.0 Å². The van der Waals surface area contributed by atoms with Gasteiger partial charge in [-0.1, -0.05) is 18.2 Å². The second kappa shape index (κ2) is 7.42. The number of nitrogens with zero attached hydrogens (tertiary/aromatic N) is 2. The Bertz CT molecular complexity index is 760. The summed E-state index contributed by atoms with van der Waals surface area (Å²) in [5, 5.41) is 21.2. The minimum atomic E-state index is -0.696. The summed E-state index contributed by atoms with van der Waals surface area (Å²) in [4.78, 5) is 16.0. The van der Waals surface area contributed by atoms with Gasteiger partial charge in [-0.05, 0) is 61.5 Å². The number of hydrogen-bond acceptors (Lipinski definition) is 4. The molecule has 1 aliphatic heterocycles. The molecule has 25 heavy (non-hydrogen) atoms. The van der Waals surface area contributed by atoms with E-state index in [1.54, 1.807) is 12.1 Å². The Kier molecular flexibility index (Phi) is 5.25. The molecule has 2 atom stereocenters. The van der Waals surface area contributed by atoms with Gasteiger partial charge in [-0.3, -0.25) is 9.69 Å². The second-order valence-corrected chi connectivity index (χ2v) is 7.29. The summed E-state index contributed by atoms with van der Waals surface area (Å²) < 4.78 is 0. The van der Waals surface area contributed by atoms with E-state index in [4.69, 9.17) is 0 Å². The first kappa shape index (κ1) is 17.7. The number of phenolic OH excluding ortho intramolecular Hbond substituents is 1. The fourth-order valence-electron chi connectivity index (χ4n) is 3.65. The molecule has 5 heteroatoms. The lowest BCUT2D eigenvalue weighted by molar-refractivity contribution is -0.142. The average Bonchev–Trinajstić information content (AvgIpc) is 2.78. The van der Waals surface area contributed by atoms with Crippen LogP contribution in [0.4, 0.5) is 0 Å². The molecule has 2 aromatic carbocycles. The van der Waals surface area contributed by atoms with Crippen LogP contribution in [0.2, 0.25) is 0 Å². The number of rotatable bonds is 4. The zero-order valence-electron chi connectivity index (χ0n) is 14.9. The van der Waals surface area contributed by atoms with Gasteiger partial charge in [0.15, 0.2) is 0 Å². The third-order valence-corrected chi connectivity index (χ3v) is 5.17. The Morgan fingerprint density at radius 3 is 2.56 bits per heavy atom. The van der Waals surface area contributed by atoms with E-state index >= 15 is 0 Å². The molecule has 2 aromatic rings. The maximum atomic E-state index is 11.5. The Labute approximate surface area is 148 Å². The number of fused-ring (bicyclic) bond motifs is 1. The highest BCUT2D eigenvalue weighted by atomic mass is 16.4. The summed E-state index contributed by atoms with van der Waals surface area (Å²) in [6.45, 7) is 2.21. The average molecular weight is 342 g/mol. The molecule has 1 heterocycles. The summed E-state index contributed by atoms with van der Waals surface area (Å²) in [6.07, 6.45) is 1.64. The fourth-order valence-corrected chi connectivity index (χ4v) is 3.65. The van der Waals surface area contributed by atoms with Crippen LogP contribution in [-0.4, -0.2) is 59.2 Å². The third-order valence-electron chi connectivity index (χ3n) is 5.17. The van der Waals surface area contributed by atoms with E-state index in [1.165, 1.54) is 5.56 Å². The van der Waals surface area contributed by atoms with Gasteiger partial charge in [0, 0.05) is 25.7 Å². The first-order valence-corrected chi connectivity index (χ1v) is 8.75. The molecule has 0 radical (unpaired) electrons. The lowest BCUT2D eigenvalue weighted by Gasteiger charge is -2.28. The molecule has 134 valence electrons. The van der Waals surface area contributed by atoms with Gasteiger partial charge in [-0.2, -0.15) is 0 Å². The lowest BCUT2D eigenvalue weighted by Crippen LogP contribution is -2.39. The first-order chi connectivity index (χ1) is 11.9. The molecule has 0 aromatic heterocycles. The lowest BCUT2D eigenvalue weighted by atomic mass is 10.0. The quantitative estimate of drug-likeness (QED) is 0.894. The van der Waals surface area contributed by atoms with Crippen molar-refractivity contribution in [3.63, 3.8) is 0 Å². The Morgan fingerprint density at radius 2 is 1.84 bits per heavy atom. The Hall–Kier alpha value is -2.11. The van der Waals surface area contributed by atoms with Crippen molar-refractivity contribution in [1.29, 1.82) is 0 Å². The molecule has 5 nitrogen and oxygen atoms in total. The van der Waals surface area contributed by atoms with Crippen LogP contribution in [-0.2, 0) is 11.3 Å². The summed E-state index contributed by atoms with van der Waals surface area (Å²) in [5.74, 6) is -0.730. The van der Waals surface area contributed by atoms with E-state index in [1.807, 2.05) is 12.1 Å². The molecule has 0 aliphatic carbocycles. The van der Waals surface area contributed by atoms with Crippen LogP contribution in [0, 0.1) is 5.92 Å². The minimum Gasteiger partial charge on any atom is -0.508 e. The van der Waals surface area contributed by atoms with E-state index in [0.717, 1.165) is 36.7 Å². The van der Waals surface area contributed by atoms with Gasteiger partial charge in [-0.25, -0.2) is 0 Å². The number of carbonyl (C=O) groups is 1. The van der Waals surface area contributed by atoms with Crippen LogP contribution in [0.5, 0.6) is 5.75 Å². The first-order valence-electron chi connectivity index (χ1n) is 8.75. The molecule has 0 unspecified atom stereocenters. The SMILES string of the molecule is CN(C)[C@@H]1CC[C@H](C(=O)O)CN(Cc2ccc3cc(O)ccc3c2)C1. The molecule has 0 bridgehead atoms. The van der Waals surface area contributed by atoms with Crippen LogP contribution in [0.3, 0.4) is 0 Å². The molecule has 0 amide bonds. The number of carboxylic acids is 1. The van der Waals surface area contributed by atoms with Crippen LogP contribution in [0.1, 0.15) is 18.4 Å². The zero-order valence-corrected chi connectivity index (χ0v) is 14.9. The number of aliphatic carboxylic acids is 1. The van der Waals surface area contributed by atoms with Gasteiger partial charge in [0.2, 0.25) is 0 Å². The monoisotopic (exact) mass is 342 g/mol. The number of benzene rings is 2. The van der Waals surface area contributed by atoms with Gasteiger partial charge in [0.05, 0.1) is 5.92 Å². The predicted molar refractivity (Wildman–Crippen MR) is 98.7 cm³/mol. The minimum absolute atomic E-state index is 0.269. The Balaban J connectivity index is 1.80. The van der Waals surface area contributed by atoms with Gasteiger partial charge in [-0.15, -0.1) is 0 Å². The van der Waals surface area contributed by atoms with E-state index in [-0.39, 0.29) is 11.7 Å². The van der Waals surface area contributed by atoms with Crippen LogP contribution in [0.15, 0.2) is 36.4 Å². The maximum Gasteiger partial charge on any atom is 0.307 e. The Morgan fingerprint density at radius 1 is 1.12 bits per heavy atom. The van der Waals surface area contributed by atoms with E-state index in [2.05, 4.69) is 36.0 Å². The van der Waals surface area contributed by atoms with Crippen LogP contribution in [0.25, 0.3) is 10.8 Å². The van der Waals surface area contributed by atoms with Crippen molar-refractivity contribution in [2.24, 2.45) is 5.92 Å². The molecule has 1 aliphatic rings. The van der Waals surface area contributed by atoms with Gasteiger partial charge in [0.25, 0.3) is 0 Å². The van der Waals surface area contributed by atoms with Gasteiger partial charge >= 0.3 is 5.97 Å². The summed E-state index contributed by atoms with van der Waals surface area (Å²) in [5.41, 5.74) is 1.17. The van der Waals surface area contributed by atoms with Crippen molar-refractivity contribution in [3.8, 4) is 5.75 Å². The molecular weight excluding hydrogens is 316 g/mol. The standard InChI is InChI=1S/C20H26N2O3/c1-21(2)18-7-5-17(20(24)25)12-22(13-18)11-14-3-4-16-10-19(23)8-6-15(16)9-14/h3-4,6,8-10,17-18,23H,5,7,11-13H2,1-2H3,(H,24,25)/t17-,18+/m0/s1. The smallest absolute Gasteiger partial charge is 0.307 e. The van der Waals surface area contributed by atoms with Gasteiger partial charge < -0.3 is 15.1 Å². The molecule has 2 N–H and O–H groups in total. The highest BCUT2D eigenvalue weighted by molar-refractivity contribution is 5.84. The van der Waals surface area contributed by atoms with Gasteiger partial charge in [0.1, 0.15) is 5.75 Å². The molecule has 1 fully saturated rings. The second-order valence-electron chi connectivity index (χ2n) is 7.29. The van der Waals surface area contributed by atoms with E-state index < -0.39 is 5.97 Å². The molecule has 0 saturated carbocycles. The van der Waals surface area contributed by atoms with E-state index in [0.29, 0.717) is 12.6 Å². The molecule has 0 spiro atoms. The van der Waals surface area contributed by atoms with Crippen molar-refractivity contribution in [2.45, 2.75) is 25.4 Å². The summed E-state index contributed by atoms with van der Waals surface area (Å²) >= 11 is 0. The largest absolute Gasteiger partial charge is 0.508 e. The fraction of sp³-hybridized carbons (Fsp3) is 0.450. The number of likely N-dealkylation sites (tertiary alicyclic amines) is 1. The third kappa shape index (κ3) is 4.30. The molecular formula is C20H26N2O3. The number of likely N-dealkylation sites (N-methyl/N-ethyl adjacent to an activating group) is 1. The number of phenols is 1. The summed E-state index contributed by atoms with van der Waals surface area (Å²) in [6, 6.07) is 11.9. The highest BCUT2D eigenvalue weighted by Gasteiger charge is 2.29. The highest BCUT2D eigenvalue weighted by Crippen LogP contribution is 2.24. The summed E-state index contributed by atoms with van der Waals surface area (Å²) in [7, 11) is 4.12. The van der Waals surface area contributed by atoms with Crippen LogP contribution < -0.4 is 0 Å². The number of aromatic hydroxyl groups is 1. The number of carboxylic acid groups (broad SMARTS) is 1. The maximum absolute atomic E-state index is 11.5. The predicted octanol–water partition coefficient (Wildman–Crippen LogP) is 2.77. The molecule has 3 rings (SSSR count). The zero-order chi connectivity index (χ0) is 18.0. The normalized spacial score (nSPS) is 22.2. The van der Waals surface area contributed by atoms with Crippen molar-refractivity contribution in [3.05, 3.63) is 42.0 Å². The topological polar surface area (TPSA) is 64.0 Å². The van der Waals surface area contributed by atoms with Crippen LogP contribution >= 0.6 is 0 Å². The van der Waals surface area contributed by atoms with Crippen molar-refractivity contribution >= 4 is 16.7 Å². The van der Waals surface area contributed by atoms with E-state index in [9.17, 15) is 15.0 Å². The molecule has 1 saturated heterocycles. The van der Waals surface area contributed by atoms with Crippen molar-refractivity contribution in [1.82, 2.24) is 9.80 Å².